The summed E-state index contributed by atoms with van der Waals surface area (Å²) in [6.45, 7) is 4.97. The highest BCUT2D eigenvalue weighted by atomic mass is 16.5. The molecule has 324 valence electrons. The van der Waals surface area contributed by atoms with Gasteiger partial charge < -0.3 is 39.9 Å². The number of aryl methyl sites for hydroxylation is 1. The minimum Gasteiger partial charge on any atom is -0.453 e. The first-order valence-corrected chi connectivity index (χ1v) is 21.7. The number of H-pyrrole nitrogens is 2. The van der Waals surface area contributed by atoms with E-state index in [1.807, 2.05) is 60.3 Å². The van der Waals surface area contributed by atoms with E-state index in [0.29, 0.717) is 25.9 Å². The van der Waals surface area contributed by atoms with Gasteiger partial charge in [0.25, 0.3) is 5.91 Å². The molecule has 0 radical (unpaired) electrons. The zero-order valence-electron chi connectivity index (χ0n) is 35.9. The van der Waals surface area contributed by atoms with Crippen molar-refractivity contribution in [1.29, 1.82) is 0 Å². The maximum atomic E-state index is 14.5. The van der Waals surface area contributed by atoms with Gasteiger partial charge in [0.15, 0.2) is 0 Å². The Morgan fingerprint density at radius 1 is 0.714 bits per heavy atom. The summed E-state index contributed by atoms with van der Waals surface area (Å²) in [6.07, 6.45) is 6.77. The van der Waals surface area contributed by atoms with E-state index in [-0.39, 0.29) is 29.8 Å². The number of imidazole rings is 2. The van der Waals surface area contributed by atoms with Crippen LogP contribution in [0.1, 0.15) is 80.8 Å². The van der Waals surface area contributed by atoms with Crippen molar-refractivity contribution in [2.45, 2.75) is 76.0 Å². The molecule has 2 aliphatic heterocycles. The second-order valence-corrected chi connectivity index (χ2v) is 17.1. The van der Waals surface area contributed by atoms with Gasteiger partial charge in [-0.2, -0.15) is 0 Å². The highest BCUT2D eigenvalue weighted by molar-refractivity contribution is 5.93. The Balaban J connectivity index is 0.882. The Morgan fingerprint density at radius 2 is 1.29 bits per heavy atom. The quantitative estimate of drug-likeness (QED) is 0.107. The summed E-state index contributed by atoms with van der Waals surface area (Å²) < 4.78 is 9.76. The van der Waals surface area contributed by atoms with E-state index in [4.69, 9.17) is 19.4 Å². The van der Waals surface area contributed by atoms with E-state index in [1.54, 1.807) is 0 Å². The van der Waals surface area contributed by atoms with E-state index in [2.05, 4.69) is 81.3 Å². The molecule has 0 saturated carbocycles. The number of aromatic nitrogens is 4. The smallest absolute Gasteiger partial charge is 0.407 e. The van der Waals surface area contributed by atoms with Crippen LogP contribution in [0.3, 0.4) is 0 Å². The molecule has 4 atom stereocenters. The molecule has 63 heavy (non-hydrogen) atoms. The summed E-state index contributed by atoms with van der Waals surface area (Å²) in [5, 5.41) is 7.83. The molecule has 9 rings (SSSR count). The van der Waals surface area contributed by atoms with Crippen LogP contribution in [0.5, 0.6) is 0 Å². The van der Waals surface area contributed by atoms with Gasteiger partial charge in [0.05, 0.1) is 50.1 Å². The molecule has 14 nitrogen and oxygen atoms in total. The van der Waals surface area contributed by atoms with Gasteiger partial charge in [-0.1, -0.05) is 86.6 Å². The molecule has 2 fully saturated rings. The van der Waals surface area contributed by atoms with Gasteiger partial charge in [0, 0.05) is 18.7 Å². The second kappa shape index (κ2) is 17.1. The lowest BCUT2D eigenvalue weighted by Gasteiger charge is -2.36. The van der Waals surface area contributed by atoms with Crippen LogP contribution in [-0.2, 0) is 31.0 Å². The molecular weight excluding hydrogens is 797 g/mol. The fourth-order valence-corrected chi connectivity index (χ4v) is 9.71. The zero-order valence-corrected chi connectivity index (χ0v) is 35.9. The van der Waals surface area contributed by atoms with Crippen molar-refractivity contribution in [2.75, 3.05) is 27.3 Å². The van der Waals surface area contributed by atoms with Gasteiger partial charge >= 0.3 is 12.2 Å². The molecule has 2 unspecified atom stereocenters. The number of rotatable bonds is 10. The zero-order chi connectivity index (χ0) is 43.8. The molecule has 4 amide bonds. The fraction of sp³-hybridized carbons (Fsp3) is 0.347. The van der Waals surface area contributed by atoms with Crippen molar-refractivity contribution in [1.82, 2.24) is 40.4 Å². The van der Waals surface area contributed by atoms with Crippen LogP contribution >= 0.6 is 0 Å². The van der Waals surface area contributed by atoms with Gasteiger partial charge in [0.2, 0.25) is 5.91 Å². The molecule has 2 aromatic heterocycles. The summed E-state index contributed by atoms with van der Waals surface area (Å²) >= 11 is 0. The molecule has 2 saturated heterocycles. The van der Waals surface area contributed by atoms with Gasteiger partial charge in [-0.25, -0.2) is 19.6 Å². The van der Waals surface area contributed by atoms with E-state index in [1.165, 1.54) is 14.2 Å². The van der Waals surface area contributed by atoms with Crippen LogP contribution in [0, 0.1) is 5.92 Å². The minimum atomic E-state index is -1.19. The van der Waals surface area contributed by atoms with E-state index < -0.39 is 23.8 Å². The van der Waals surface area contributed by atoms with Crippen LogP contribution in [0.4, 0.5) is 9.59 Å². The number of nitrogens with one attached hydrogen (secondary N) is 4. The van der Waals surface area contributed by atoms with Crippen molar-refractivity contribution in [3.63, 3.8) is 0 Å². The Labute approximate surface area is 365 Å². The number of likely N-dealkylation sites (tertiary alicyclic amines) is 2. The largest absolute Gasteiger partial charge is 0.453 e. The molecule has 4 aromatic carbocycles. The number of nitrogens with zero attached hydrogens (tertiary/aromatic N) is 4. The molecule has 1 aliphatic carbocycles. The molecule has 0 spiro atoms. The normalized spacial score (nSPS) is 19.9. The maximum Gasteiger partial charge on any atom is 0.407 e. The monoisotopic (exact) mass is 848 g/mol. The predicted octanol–water partition coefficient (Wildman–Crippen LogP) is 8.19. The lowest BCUT2D eigenvalue weighted by Crippen LogP contribution is -2.56. The molecule has 3 aliphatic rings. The number of carbonyl (C=O) groups is 4. The molecule has 4 N–H and O–H groups in total. The number of hydrogen-bond acceptors (Lipinski definition) is 8. The summed E-state index contributed by atoms with van der Waals surface area (Å²) in [5.74, 6) is 1.06. The fourth-order valence-electron chi connectivity index (χ4n) is 9.71. The predicted molar refractivity (Wildman–Crippen MR) is 238 cm³/mol. The molecule has 14 heteroatoms. The number of ether oxygens (including phenoxy) is 2. The van der Waals surface area contributed by atoms with Crippen molar-refractivity contribution < 1.29 is 28.7 Å². The standard InChI is InChI=1S/C49H52N8O6/c1-29(2)42(54-47(60)62-3)45(58)56-23-7-11-40(56)43-51-28-39(53-43)36-20-19-34-25-33(17-18-35(34)26-36)30-13-15-32(16-14-30)38-27-50-44(52-38)41-12-8-24-57(41)46(59)49(55-48(61)63-4)22-21-31-9-5-6-10-37(31)49/h5-6,9-10,13-20,25-29,40-42H,7-8,11-12,21-24H2,1-4H3,(H,50,52)(H,51,53)(H,54,60)(H,55,61)/t40-,41-,42?,49?/m0/s1. The number of benzene rings is 4. The van der Waals surface area contributed by atoms with Crippen LogP contribution in [0.15, 0.2) is 97.3 Å². The second-order valence-electron chi connectivity index (χ2n) is 17.1. The number of hydrogen-bond donors (Lipinski definition) is 4. The summed E-state index contributed by atoms with van der Waals surface area (Å²) in [4.78, 5) is 72.9. The highest BCUT2D eigenvalue weighted by Gasteiger charge is 2.51. The Bertz CT molecular complexity index is 2690. The summed E-state index contributed by atoms with van der Waals surface area (Å²) in [7, 11) is 2.61. The summed E-state index contributed by atoms with van der Waals surface area (Å²) in [6, 6.07) is 27.8. The number of carbonyl (C=O) groups excluding carboxylic acids is 4. The first kappa shape index (κ1) is 41.4. The van der Waals surface area contributed by atoms with Crippen LogP contribution < -0.4 is 10.6 Å². The van der Waals surface area contributed by atoms with Crippen molar-refractivity contribution in [2.24, 2.45) is 5.92 Å². The lowest BCUT2D eigenvalue weighted by molar-refractivity contribution is -0.140. The van der Waals surface area contributed by atoms with Gasteiger partial charge in [0.1, 0.15) is 23.2 Å². The van der Waals surface area contributed by atoms with Crippen molar-refractivity contribution >= 4 is 34.8 Å². The van der Waals surface area contributed by atoms with Crippen LogP contribution in [0.2, 0.25) is 0 Å². The number of aromatic amines is 2. The van der Waals surface area contributed by atoms with E-state index >= 15 is 0 Å². The van der Waals surface area contributed by atoms with Crippen LogP contribution in [-0.4, -0.2) is 87.1 Å². The first-order valence-electron chi connectivity index (χ1n) is 21.7. The lowest BCUT2D eigenvalue weighted by atomic mass is 9.89. The Kier molecular flexibility index (Phi) is 11.2. The summed E-state index contributed by atoms with van der Waals surface area (Å²) in [5.41, 5.74) is 6.55. The van der Waals surface area contributed by atoms with Crippen molar-refractivity contribution in [3.8, 4) is 33.6 Å². The SMILES string of the molecule is COC(=O)NC(C(=O)N1CCC[C@H]1c1ncc(-c2ccc3cc(-c4ccc(-c5cnc([C@@H]6CCCN6C(=O)C6(NC(=O)OC)CCc7ccccc76)[nH]5)cc4)ccc3c2)[nH]1)C(C)C. The molecular formula is C49H52N8O6. The Hall–Kier alpha value is -6.96. The third-order valence-corrected chi connectivity index (χ3v) is 13.1. The van der Waals surface area contributed by atoms with Gasteiger partial charge in [-0.3, -0.25) is 9.59 Å². The van der Waals surface area contributed by atoms with Gasteiger partial charge in [-0.05, 0) is 95.2 Å². The van der Waals surface area contributed by atoms with Gasteiger partial charge in [-0.15, -0.1) is 0 Å². The van der Waals surface area contributed by atoms with E-state index in [9.17, 15) is 19.2 Å². The number of alkyl carbamates (subject to hydrolysis) is 2. The maximum absolute atomic E-state index is 14.5. The number of amides is 4. The molecule has 6 aromatic rings. The Morgan fingerprint density at radius 3 is 1.95 bits per heavy atom. The average Bonchev–Trinajstić information content (AvgIpc) is 4.17. The van der Waals surface area contributed by atoms with Crippen LogP contribution in [0.25, 0.3) is 44.4 Å². The molecule has 4 heterocycles. The van der Waals surface area contributed by atoms with E-state index in [0.717, 1.165) is 92.9 Å². The third-order valence-electron chi connectivity index (χ3n) is 13.1. The first-order chi connectivity index (χ1) is 30.6. The molecule has 0 bridgehead atoms. The average molecular weight is 849 g/mol. The topological polar surface area (TPSA) is 175 Å². The third kappa shape index (κ3) is 7.78. The minimum absolute atomic E-state index is 0.108. The number of fused-ring (bicyclic) bond motifs is 2. The number of methoxy groups -OCH3 is 2. The highest BCUT2D eigenvalue weighted by Crippen LogP contribution is 2.43. The van der Waals surface area contributed by atoms with Crippen molar-refractivity contribution in [3.05, 3.63) is 120 Å².